The minimum Gasteiger partial charge on any atom is -0.481 e. The van der Waals surface area contributed by atoms with Crippen LogP contribution in [0.3, 0.4) is 0 Å². The third-order valence-electron chi connectivity index (χ3n) is 5.05. The van der Waals surface area contributed by atoms with Crippen molar-refractivity contribution in [3.05, 3.63) is 71.2 Å². The minimum absolute atomic E-state index is 0.0357. The molecule has 0 radical (unpaired) electrons. The Hall–Kier alpha value is -2.69. The van der Waals surface area contributed by atoms with E-state index >= 15 is 0 Å². The van der Waals surface area contributed by atoms with Gasteiger partial charge in [-0.3, -0.25) is 4.79 Å². The number of carbonyl (C=O) groups is 1. The first-order valence-electron chi connectivity index (χ1n) is 9.98. The fourth-order valence-electron chi connectivity index (χ4n) is 3.56. The standard InChI is InChI=1S/C23H27FN2O2/c24-20-10-5-8-18(15-20)19(16-22(27)28)7-3-1-2-4-11-21-13-12-17-9-6-14-25-23(17)26-21/h3,5,7-8,10,12-13,15,19H,1-2,4,6,9,11,14,16H2,(H,25,26)(H,27,28)/b7-3+. The zero-order valence-electron chi connectivity index (χ0n) is 16.0. The number of nitrogens with zero attached hydrogens (tertiary/aromatic N) is 1. The van der Waals surface area contributed by atoms with Crippen molar-refractivity contribution in [3.63, 3.8) is 0 Å². The third kappa shape index (κ3) is 5.91. The maximum Gasteiger partial charge on any atom is 0.304 e. The predicted molar refractivity (Wildman–Crippen MR) is 109 cm³/mol. The topological polar surface area (TPSA) is 62.2 Å². The number of hydrogen-bond donors (Lipinski definition) is 2. The number of aromatic nitrogens is 1. The second kappa shape index (κ2) is 10.0. The zero-order valence-corrected chi connectivity index (χ0v) is 16.0. The Kier molecular flexibility index (Phi) is 7.18. The van der Waals surface area contributed by atoms with E-state index in [9.17, 15) is 9.18 Å². The highest BCUT2D eigenvalue weighted by Gasteiger charge is 2.13. The summed E-state index contributed by atoms with van der Waals surface area (Å²) in [6, 6.07) is 10.5. The molecule has 2 heterocycles. The van der Waals surface area contributed by atoms with Crippen molar-refractivity contribution in [1.82, 2.24) is 4.98 Å². The number of aliphatic carboxylic acids is 1. The second-order valence-corrected chi connectivity index (χ2v) is 7.27. The van der Waals surface area contributed by atoms with Gasteiger partial charge in [-0.2, -0.15) is 0 Å². The van der Waals surface area contributed by atoms with Crippen LogP contribution in [0.2, 0.25) is 0 Å². The van der Waals surface area contributed by atoms with Gasteiger partial charge in [-0.25, -0.2) is 9.37 Å². The Labute approximate surface area is 165 Å². The van der Waals surface area contributed by atoms with Gasteiger partial charge in [0, 0.05) is 18.2 Å². The van der Waals surface area contributed by atoms with E-state index in [2.05, 4.69) is 17.4 Å². The van der Waals surface area contributed by atoms with Crippen molar-refractivity contribution in [3.8, 4) is 0 Å². The molecule has 2 aromatic rings. The molecule has 1 atom stereocenters. The fraction of sp³-hybridized carbons (Fsp3) is 0.391. The van der Waals surface area contributed by atoms with Crippen LogP contribution < -0.4 is 5.32 Å². The number of fused-ring (bicyclic) bond motifs is 1. The summed E-state index contributed by atoms with van der Waals surface area (Å²) in [5.41, 5.74) is 3.12. The van der Waals surface area contributed by atoms with Crippen LogP contribution in [-0.4, -0.2) is 22.6 Å². The van der Waals surface area contributed by atoms with E-state index in [1.54, 1.807) is 12.1 Å². The van der Waals surface area contributed by atoms with Gasteiger partial charge in [0.25, 0.3) is 0 Å². The first kappa shape index (κ1) is 20.1. The van der Waals surface area contributed by atoms with Gasteiger partial charge in [0.05, 0.1) is 6.42 Å². The lowest BCUT2D eigenvalue weighted by atomic mass is 9.94. The summed E-state index contributed by atoms with van der Waals surface area (Å²) in [7, 11) is 0. The Morgan fingerprint density at radius 2 is 2.18 bits per heavy atom. The second-order valence-electron chi connectivity index (χ2n) is 7.27. The molecule has 0 amide bonds. The number of unbranched alkanes of at least 4 members (excludes halogenated alkanes) is 2. The molecule has 28 heavy (non-hydrogen) atoms. The summed E-state index contributed by atoms with van der Waals surface area (Å²) in [6.45, 7) is 0.997. The van der Waals surface area contributed by atoms with Crippen molar-refractivity contribution >= 4 is 11.8 Å². The number of carboxylic acids is 1. The lowest BCUT2D eigenvalue weighted by Crippen LogP contribution is -2.13. The van der Waals surface area contributed by atoms with Crippen LogP contribution in [-0.2, 0) is 17.6 Å². The average Bonchev–Trinajstić information content (AvgIpc) is 2.69. The quantitative estimate of drug-likeness (QED) is 0.467. The number of rotatable bonds is 9. The van der Waals surface area contributed by atoms with Crippen LogP contribution in [0.5, 0.6) is 0 Å². The average molecular weight is 382 g/mol. The van der Waals surface area contributed by atoms with Crippen LogP contribution in [0.25, 0.3) is 0 Å². The molecule has 1 aliphatic rings. The van der Waals surface area contributed by atoms with E-state index < -0.39 is 5.97 Å². The Morgan fingerprint density at radius 1 is 1.29 bits per heavy atom. The highest BCUT2D eigenvalue weighted by Crippen LogP contribution is 2.23. The molecule has 148 valence electrons. The molecule has 0 aliphatic carbocycles. The van der Waals surface area contributed by atoms with Crippen molar-refractivity contribution < 1.29 is 14.3 Å². The number of anilines is 1. The van der Waals surface area contributed by atoms with Gasteiger partial charge < -0.3 is 10.4 Å². The van der Waals surface area contributed by atoms with E-state index in [1.807, 2.05) is 12.2 Å². The molecule has 3 rings (SSSR count). The molecule has 0 fully saturated rings. The first-order chi connectivity index (χ1) is 13.6. The van der Waals surface area contributed by atoms with E-state index in [1.165, 1.54) is 24.1 Å². The number of halogens is 1. The van der Waals surface area contributed by atoms with Crippen LogP contribution in [0.15, 0.2) is 48.6 Å². The summed E-state index contributed by atoms with van der Waals surface area (Å²) < 4.78 is 13.4. The van der Waals surface area contributed by atoms with E-state index in [0.717, 1.165) is 50.2 Å². The molecule has 1 aliphatic heterocycles. The summed E-state index contributed by atoms with van der Waals surface area (Å²) in [5, 5.41) is 12.5. The predicted octanol–water partition coefficient (Wildman–Crippen LogP) is 5.11. The monoisotopic (exact) mass is 382 g/mol. The van der Waals surface area contributed by atoms with Crippen molar-refractivity contribution in [1.29, 1.82) is 0 Å². The maximum atomic E-state index is 13.4. The Bertz CT molecular complexity index is 835. The minimum atomic E-state index is -0.883. The van der Waals surface area contributed by atoms with Gasteiger partial charge in [-0.05, 0) is 67.9 Å². The zero-order chi connectivity index (χ0) is 19.8. The molecule has 5 heteroatoms. The maximum absolute atomic E-state index is 13.4. The lowest BCUT2D eigenvalue weighted by molar-refractivity contribution is -0.137. The molecular weight excluding hydrogens is 355 g/mol. The molecular formula is C23H27FN2O2. The summed E-state index contributed by atoms with van der Waals surface area (Å²) in [6.07, 6.45) is 9.98. The number of hydrogen-bond acceptors (Lipinski definition) is 3. The SMILES string of the molecule is O=C(O)CC(/C=C/CCCCc1ccc2c(n1)NCCC2)c1cccc(F)c1. The van der Waals surface area contributed by atoms with Gasteiger partial charge in [0.2, 0.25) is 0 Å². The van der Waals surface area contributed by atoms with Crippen molar-refractivity contribution in [2.24, 2.45) is 0 Å². The van der Waals surface area contributed by atoms with E-state index in [4.69, 9.17) is 10.1 Å². The molecule has 2 N–H and O–H groups in total. The Morgan fingerprint density at radius 3 is 3.00 bits per heavy atom. The third-order valence-corrected chi connectivity index (χ3v) is 5.05. The van der Waals surface area contributed by atoms with Gasteiger partial charge >= 0.3 is 5.97 Å². The van der Waals surface area contributed by atoms with Gasteiger partial charge in [0.15, 0.2) is 0 Å². The summed E-state index contributed by atoms with van der Waals surface area (Å²) in [5.74, 6) is -0.490. The highest BCUT2D eigenvalue weighted by molar-refractivity contribution is 5.68. The van der Waals surface area contributed by atoms with Crippen LogP contribution in [0.4, 0.5) is 10.2 Å². The molecule has 1 aromatic carbocycles. The molecule has 0 saturated carbocycles. The molecule has 1 unspecified atom stereocenters. The van der Waals surface area contributed by atoms with Crippen LogP contribution in [0, 0.1) is 5.82 Å². The van der Waals surface area contributed by atoms with Crippen molar-refractivity contribution in [2.45, 2.75) is 50.9 Å². The van der Waals surface area contributed by atoms with Gasteiger partial charge in [-0.1, -0.05) is 30.4 Å². The fourth-order valence-corrected chi connectivity index (χ4v) is 3.56. The smallest absolute Gasteiger partial charge is 0.304 e. The molecule has 0 spiro atoms. The highest BCUT2D eigenvalue weighted by atomic mass is 19.1. The number of aryl methyl sites for hydroxylation is 2. The first-order valence-corrected chi connectivity index (χ1v) is 9.98. The largest absolute Gasteiger partial charge is 0.481 e. The lowest BCUT2D eigenvalue weighted by Gasteiger charge is -2.17. The molecule has 0 bridgehead atoms. The molecule has 1 aromatic heterocycles. The number of benzene rings is 1. The number of carboxylic acid groups (broad SMARTS) is 1. The number of allylic oxidation sites excluding steroid dienone is 2. The van der Waals surface area contributed by atoms with Crippen LogP contribution in [0.1, 0.15) is 54.8 Å². The number of pyridine rings is 1. The van der Waals surface area contributed by atoms with Crippen LogP contribution >= 0.6 is 0 Å². The van der Waals surface area contributed by atoms with Gasteiger partial charge in [0.1, 0.15) is 11.6 Å². The molecule has 4 nitrogen and oxygen atoms in total. The summed E-state index contributed by atoms with van der Waals surface area (Å²) in [4.78, 5) is 15.8. The number of nitrogens with one attached hydrogen (secondary N) is 1. The normalized spacial score (nSPS) is 14.5. The van der Waals surface area contributed by atoms with E-state index in [0.29, 0.717) is 5.56 Å². The van der Waals surface area contributed by atoms with Gasteiger partial charge in [-0.15, -0.1) is 0 Å². The molecule has 0 saturated heterocycles. The van der Waals surface area contributed by atoms with Crippen molar-refractivity contribution in [2.75, 3.05) is 11.9 Å². The Balaban J connectivity index is 1.47. The van der Waals surface area contributed by atoms with E-state index in [-0.39, 0.29) is 18.2 Å². The summed E-state index contributed by atoms with van der Waals surface area (Å²) >= 11 is 0.